The predicted octanol–water partition coefficient (Wildman–Crippen LogP) is 3.84. The Hall–Kier alpha value is -1.55. The molecule has 2 N–H and O–H groups in total. The van der Waals surface area contributed by atoms with Gasteiger partial charge in [0.05, 0.1) is 11.6 Å². The van der Waals surface area contributed by atoms with Crippen molar-refractivity contribution in [2.45, 2.75) is 26.1 Å². The average molecular weight is 307 g/mol. The van der Waals surface area contributed by atoms with Gasteiger partial charge in [0.15, 0.2) is 0 Å². The number of aryl methyl sites for hydroxylation is 1. The van der Waals surface area contributed by atoms with Gasteiger partial charge in [-0.1, -0.05) is 42.8 Å². The number of aliphatic hydroxyl groups excluding tert-OH is 1. The van der Waals surface area contributed by atoms with Crippen LogP contribution < -0.4 is 0 Å². The number of phenols is 1. The number of aliphatic hydroxyl groups is 1. The molecule has 1 atom stereocenters. The smallest absolute Gasteiger partial charge is 0.123 e. The lowest BCUT2D eigenvalue weighted by Gasteiger charge is -2.20. The number of hydrogen-bond acceptors (Lipinski definition) is 3. The van der Waals surface area contributed by atoms with E-state index in [1.807, 2.05) is 24.3 Å². The second kappa shape index (κ2) is 6.94. The quantitative estimate of drug-likeness (QED) is 0.882. The molecule has 21 heavy (non-hydrogen) atoms. The maximum Gasteiger partial charge on any atom is 0.123 e. The summed E-state index contributed by atoms with van der Waals surface area (Å²) in [5, 5.41) is 19.7. The van der Waals surface area contributed by atoms with E-state index in [0.29, 0.717) is 16.1 Å². The summed E-state index contributed by atoms with van der Waals surface area (Å²) >= 11 is 6.24. The number of benzene rings is 2. The van der Waals surface area contributed by atoms with Gasteiger partial charge in [-0.2, -0.15) is 0 Å². The van der Waals surface area contributed by atoms with Crippen LogP contribution in [0.4, 0.5) is 0 Å². The van der Waals surface area contributed by atoms with Crippen LogP contribution in [-0.4, -0.2) is 17.3 Å². The highest BCUT2D eigenvalue weighted by Gasteiger charge is 2.21. The number of halogens is 1. The first-order chi connectivity index (χ1) is 10.1. The first-order valence-electron chi connectivity index (χ1n) is 6.84. The van der Waals surface area contributed by atoms with Crippen molar-refractivity contribution in [2.75, 3.05) is 7.11 Å². The molecule has 0 spiro atoms. The molecule has 0 aliphatic carbocycles. The number of ether oxygens (including phenoxy) is 1. The number of phenolic OH excluding ortho intramolecular Hbond substituents is 1. The fourth-order valence-corrected chi connectivity index (χ4v) is 2.69. The summed E-state index contributed by atoms with van der Waals surface area (Å²) in [6, 6.07) is 11.2. The van der Waals surface area contributed by atoms with Crippen LogP contribution in [0.15, 0.2) is 36.4 Å². The Morgan fingerprint density at radius 2 is 1.81 bits per heavy atom. The minimum absolute atomic E-state index is 0.0259. The van der Waals surface area contributed by atoms with E-state index in [2.05, 4.69) is 6.92 Å². The Labute approximate surface area is 129 Å². The maximum atomic E-state index is 10.2. The van der Waals surface area contributed by atoms with Gasteiger partial charge >= 0.3 is 0 Å². The molecule has 112 valence electrons. The van der Waals surface area contributed by atoms with Crippen LogP contribution in [0.3, 0.4) is 0 Å². The maximum absolute atomic E-state index is 10.2. The summed E-state index contributed by atoms with van der Waals surface area (Å²) < 4.78 is 5.52. The van der Waals surface area contributed by atoms with Gasteiger partial charge in [0.25, 0.3) is 0 Å². The lowest BCUT2D eigenvalue weighted by Crippen LogP contribution is -2.05. The van der Waals surface area contributed by atoms with Gasteiger partial charge in [-0.05, 0) is 35.2 Å². The summed E-state index contributed by atoms with van der Waals surface area (Å²) in [6.45, 7) is 1.93. The van der Waals surface area contributed by atoms with Crippen LogP contribution in [0.25, 0.3) is 0 Å². The molecule has 2 aromatic rings. The van der Waals surface area contributed by atoms with Crippen LogP contribution in [0.2, 0.25) is 5.02 Å². The highest BCUT2D eigenvalue weighted by molar-refractivity contribution is 6.31. The molecule has 0 radical (unpaired) electrons. The summed E-state index contributed by atoms with van der Waals surface area (Å²) in [6.07, 6.45) is 0.519. The van der Waals surface area contributed by atoms with E-state index >= 15 is 0 Å². The van der Waals surface area contributed by atoms with Gasteiger partial charge in [0.1, 0.15) is 11.9 Å². The van der Waals surface area contributed by atoms with Crippen molar-refractivity contribution >= 4 is 11.6 Å². The van der Waals surface area contributed by atoms with Crippen molar-refractivity contribution in [1.82, 2.24) is 0 Å². The van der Waals surface area contributed by atoms with Gasteiger partial charge in [0.2, 0.25) is 0 Å². The summed E-state index contributed by atoms with van der Waals surface area (Å²) in [7, 11) is 1.58. The van der Waals surface area contributed by atoms with Crippen molar-refractivity contribution in [1.29, 1.82) is 0 Å². The minimum atomic E-state index is -0.448. The van der Waals surface area contributed by atoms with Crippen molar-refractivity contribution in [2.24, 2.45) is 0 Å². The van der Waals surface area contributed by atoms with E-state index in [1.165, 1.54) is 11.6 Å². The predicted molar refractivity (Wildman–Crippen MR) is 83.7 cm³/mol. The molecule has 2 aromatic carbocycles. The molecular weight excluding hydrogens is 288 g/mol. The molecule has 0 saturated carbocycles. The zero-order valence-electron chi connectivity index (χ0n) is 12.1. The monoisotopic (exact) mass is 306 g/mol. The topological polar surface area (TPSA) is 49.7 Å². The van der Waals surface area contributed by atoms with Crippen LogP contribution >= 0.6 is 11.6 Å². The normalized spacial score (nSPS) is 12.4. The first kappa shape index (κ1) is 15.8. The third kappa shape index (κ3) is 3.38. The molecule has 0 amide bonds. The molecule has 0 bridgehead atoms. The third-order valence-electron chi connectivity index (χ3n) is 3.54. The van der Waals surface area contributed by atoms with E-state index in [4.69, 9.17) is 21.4 Å². The summed E-state index contributed by atoms with van der Waals surface area (Å²) in [5.74, 6) is 0.0259. The lowest BCUT2D eigenvalue weighted by atomic mass is 9.97. The molecule has 4 heteroatoms. The van der Waals surface area contributed by atoms with Crippen LogP contribution in [-0.2, 0) is 17.8 Å². The SMILES string of the molecule is CCc1ccc(C(OC)c2c(O)cc(CO)cc2Cl)cc1. The molecule has 0 aliphatic heterocycles. The fourth-order valence-electron chi connectivity index (χ4n) is 2.36. The molecule has 0 aliphatic rings. The minimum Gasteiger partial charge on any atom is -0.507 e. The fraction of sp³-hybridized carbons (Fsp3) is 0.294. The molecule has 2 rings (SSSR count). The highest BCUT2D eigenvalue weighted by Crippen LogP contribution is 2.38. The largest absolute Gasteiger partial charge is 0.507 e. The van der Waals surface area contributed by atoms with Gasteiger partial charge < -0.3 is 14.9 Å². The highest BCUT2D eigenvalue weighted by atomic mass is 35.5. The third-order valence-corrected chi connectivity index (χ3v) is 3.85. The van der Waals surface area contributed by atoms with Crippen molar-refractivity contribution in [3.05, 3.63) is 63.7 Å². The number of aromatic hydroxyl groups is 1. The van der Waals surface area contributed by atoms with Crippen molar-refractivity contribution in [3.8, 4) is 5.75 Å². The zero-order chi connectivity index (χ0) is 15.4. The first-order valence-corrected chi connectivity index (χ1v) is 7.22. The Kier molecular flexibility index (Phi) is 5.23. The molecule has 0 aromatic heterocycles. The number of rotatable bonds is 5. The Morgan fingerprint density at radius 1 is 1.14 bits per heavy atom. The van der Waals surface area contributed by atoms with Crippen LogP contribution in [0.1, 0.15) is 35.3 Å². The van der Waals surface area contributed by atoms with E-state index in [9.17, 15) is 5.11 Å². The second-order valence-electron chi connectivity index (χ2n) is 4.88. The van der Waals surface area contributed by atoms with Gasteiger partial charge in [-0.25, -0.2) is 0 Å². The molecule has 3 nitrogen and oxygen atoms in total. The molecule has 0 fully saturated rings. The number of hydrogen-bond donors (Lipinski definition) is 2. The van der Waals surface area contributed by atoms with Gasteiger partial charge in [0, 0.05) is 12.7 Å². The zero-order valence-corrected chi connectivity index (χ0v) is 12.9. The van der Waals surface area contributed by atoms with Gasteiger partial charge in [-0.3, -0.25) is 0 Å². The van der Waals surface area contributed by atoms with E-state index in [-0.39, 0.29) is 12.4 Å². The average Bonchev–Trinajstić information content (AvgIpc) is 2.50. The summed E-state index contributed by atoms with van der Waals surface area (Å²) in [4.78, 5) is 0. The van der Waals surface area contributed by atoms with E-state index in [0.717, 1.165) is 12.0 Å². The van der Waals surface area contributed by atoms with E-state index in [1.54, 1.807) is 13.2 Å². The Morgan fingerprint density at radius 3 is 2.29 bits per heavy atom. The van der Waals surface area contributed by atoms with E-state index < -0.39 is 6.10 Å². The molecule has 0 heterocycles. The second-order valence-corrected chi connectivity index (χ2v) is 5.29. The molecule has 1 unspecified atom stereocenters. The summed E-state index contributed by atoms with van der Waals surface area (Å²) in [5.41, 5.74) is 3.24. The molecule has 0 saturated heterocycles. The van der Waals surface area contributed by atoms with Crippen LogP contribution in [0.5, 0.6) is 5.75 Å². The van der Waals surface area contributed by atoms with Crippen molar-refractivity contribution < 1.29 is 14.9 Å². The standard InChI is InChI=1S/C17H19ClO3/c1-3-11-4-6-13(7-5-11)17(21-2)16-14(18)8-12(10-19)9-15(16)20/h4-9,17,19-20H,3,10H2,1-2H3. The van der Waals surface area contributed by atoms with Gasteiger partial charge in [-0.15, -0.1) is 0 Å². The Balaban J connectivity index is 2.45. The molecular formula is C17H19ClO3. The number of methoxy groups -OCH3 is 1. The van der Waals surface area contributed by atoms with Crippen molar-refractivity contribution in [3.63, 3.8) is 0 Å². The lowest BCUT2D eigenvalue weighted by molar-refractivity contribution is 0.134. The van der Waals surface area contributed by atoms with Crippen LogP contribution in [0, 0.1) is 0 Å². The Bertz CT molecular complexity index is 585.